The Morgan fingerprint density at radius 1 is 1.00 bits per heavy atom. The van der Waals surface area contributed by atoms with E-state index >= 15 is 0 Å². The Kier molecular flexibility index (Phi) is 3.28. The standard InChI is InChI=1S/C17H14O2S2/c18-16-10-11-4-1-2-5-12(11)17(19-16)15-8-7-14(21-15)13-6-3-9-20-13/h3,6-10H,1-2,4-5H2. The summed E-state index contributed by atoms with van der Waals surface area (Å²) in [5.41, 5.74) is 2.19. The van der Waals surface area contributed by atoms with Crippen molar-refractivity contribution in [1.29, 1.82) is 0 Å². The second-order valence-corrected chi connectivity index (χ2v) is 7.28. The van der Waals surface area contributed by atoms with Gasteiger partial charge in [0.15, 0.2) is 5.76 Å². The average molecular weight is 314 g/mol. The van der Waals surface area contributed by atoms with E-state index in [-0.39, 0.29) is 5.63 Å². The summed E-state index contributed by atoms with van der Waals surface area (Å²) >= 11 is 3.44. The maximum absolute atomic E-state index is 11.8. The minimum absolute atomic E-state index is 0.225. The van der Waals surface area contributed by atoms with E-state index in [1.807, 2.05) is 0 Å². The van der Waals surface area contributed by atoms with Crippen LogP contribution < -0.4 is 5.63 Å². The van der Waals surface area contributed by atoms with Crippen molar-refractivity contribution >= 4 is 22.7 Å². The van der Waals surface area contributed by atoms with E-state index in [4.69, 9.17) is 4.42 Å². The van der Waals surface area contributed by atoms with Gasteiger partial charge in [0.2, 0.25) is 0 Å². The fourth-order valence-electron chi connectivity index (χ4n) is 2.89. The Bertz CT molecular complexity index is 825. The second kappa shape index (κ2) is 5.28. The van der Waals surface area contributed by atoms with Gasteiger partial charge in [-0.3, -0.25) is 0 Å². The normalized spacial score (nSPS) is 14.1. The van der Waals surface area contributed by atoms with Crippen LogP contribution in [0, 0.1) is 0 Å². The zero-order chi connectivity index (χ0) is 14.2. The fraction of sp³-hybridized carbons (Fsp3) is 0.235. The number of hydrogen-bond acceptors (Lipinski definition) is 4. The van der Waals surface area contributed by atoms with Crippen molar-refractivity contribution < 1.29 is 4.42 Å². The molecule has 4 rings (SSSR count). The van der Waals surface area contributed by atoms with Crippen LogP contribution in [0.1, 0.15) is 24.0 Å². The molecule has 0 N–H and O–H groups in total. The predicted octanol–water partition coefficient (Wildman–Crippen LogP) is 4.98. The van der Waals surface area contributed by atoms with Gasteiger partial charge < -0.3 is 4.42 Å². The van der Waals surface area contributed by atoms with Gasteiger partial charge in [-0.05, 0) is 60.4 Å². The van der Waals surface area contributed by atoms with E-state index in [1.54, 1.807) is 28.7 Å². The molecule has 0 bridgehead atoms. The largest absolute Gasteiger partial charge is 0.422 e. The van der Waals surface area contributed by atoms with Crippen LogP contribution in [0.2, 0.25) is 0 Å². The molecule has 0 saturated carbocycles. The van der Waals surface area contributed by atoms with Gasteiger partial charge in [0.1, 0.15) is 0 Å². The van der Waals surface area contributed by atoms with Crippen molar-refractivity contribution in [3.05, 3.63) is 57.3 Å². The summed E-state index contributed by atoms with van der Waals surface area (Å²) in [5, 5.41) is 2.08. The van der Waals surface area contributed by atoms with Gasteiger partial charge in [-0.25, -0.2) is 4.79 Å². The van der Waals surface area contributed by atoms with Gasteiger partial charge in [0.05, 0.1) is 4.88 Å². The van der Waals surface area contributed by atoms with Crippen molar-refractivity contribution in [2.75, 3.05) is 0 Å². The van der Waals surface area contributed by atoms with E-state index in [2.05, 4.69) is 29.6 Å². The summed E-state index contributed by atoms with van der Waals surface area (Å²) in [5.74, 6) is 0.796. The van der Waals surface area contributed by atoms with E-state index < -0.39 is 0 Å². The van der Waals surface area contributed by atoms with Crippen molar-refractivity contribution in [3.8, 4) is 20.4 Å². The number of fused-ring (bicyclic) bond motifs is 1. The number of hydrogen-bond donors (Lipinski definition) is 0. The first-order valence-electron chi connectivity index (χ1n) is 7.11. The molecule has 1 aliphatic rings. The van der Waals surface area contributed by atoms with Crippen LogP contribution in [0.5, 0.6) is 0 Å². The van der Waals surface area contributed by atoms with E-state index in [1.165, 1.54) is 33.7 Å². The predicted molar refractivity (Wildman–Crippen MR) is 88.2 cm³/mol. The SMILES string of the molecule is O=c1cc2c(c(-c3ccc(-c4cccs4)s3)o1)CCCC2. The highest BCUT2D eigenvalue weighted by atomic mass is 32.1. The molecule has 3 aromatic heterocycles. The van der Waals surface area contributed by atoms with Crippen LogP contribution in [0.15, 0.2) is 44.9 Å². The Labute approximate surface area is 130 Å². The molecule has 0 radical (unpaired) electrons. The van der Waals surface area contributed by atoms with Crippen LogP contribution in [-0.2, 0) is 12.8 Å². The lowest BCUT2D eigenvalue weighted by atomic mass is 9.91. The smallest absolute Gasteiger partial charge is 0.336 e. The van der Waals surface area contributed by atoms with Crippen LogP contribution >= 0.6 is 22.7 Å². The highest BCUT2D eigenvalue weighted by molar-refractivity contribution is 7.23. The van der Waals surface area contributed by atoms with Gasteiger partial charge in [-0.2, -0.15) is 0 Å². The van der Waals surface area contributed by atoms with Crippen LogP contribution in [0.3, 0.4) is 0 Å². The molecule has 4 heteroatoms. The molecule has 0 atom stereocenters. The highest BCUT2D eigenvalue weighted by Crippen LogP contribution is 2.39. The van der Waals surface area contributed by atoms with Gasteiger partial charge in [0, 0.05) is 15.8 Å². The van der Waals surface area contributed by atoms with Crippen LogP contribution in [-0.4, -0.2) is 0 Å². The molecule has 0 spiro atoms. The van der Waals surface area contributed by atoms with Crippen molar-refractivity contribution in [2.45, 2.75) is 25.7 Å². The lowest BCUT2D eigenvalue weighted by Gasteiger charge is -2.16. The first-order valence-corrected chi connectivity index (χ1v) is 8.81. The van der Waals surface area contributed by atoms with Gasteiger partial charge in [-0.1, -0.05) is 6.07 Å². The van der Waals surface area contributed by atoms with Gasteiger partial charge >= 0.3 is 5.63 Å². The molecule has 0 aromatic carbocycles. The first-order chi connectivity index (χ1) is 10.3. The van der Waals surface area contributed by atoms with Crippen LogP contribution in [0.25, 0.3) is 20.4 Å². The van der Waals surface area contributed by atoms with Crippen molar-refractivity contribution in [1.82, 2.24) is 0 Å². The molecule has 0 unspecified atom stereocenters. The minimum Gasteiger partial charge on any atom is -0.422 e. The van der Waals surface area contributed by atoms with Gasteiger partial charge in [0.25, 0.3) is 0 Å². The number of rotatable bonds is 2. The highest BCUT2D eigenvalue weighted by Gasteiger charge is 2.19. The monoisotopic (exact) mass is 314 g/mol. The average Bonchev–Trinajstić information content (AvgIpc) is 3.17. The quantitative estimate of drug-likeness (QED) is 0.668. The Hall–Kier alpha value is -1.65. The Morgan fingerprint density at radius 3 is 2.71 bits per heavy atom. The molecule has 21 heavy (non-hydrogen) atoms. The van der Waals surface area contributed by atoms with E-state index in [0.717, 1.165) is 23.5 Å². The summed E-state index contributed by atoms with van der Waals surface area (Å²) in [6.07, 6.45) is 4.36. The zero-order valence-corrected chi connectivity index (χ0v) is 13.1. The molecule has 1 aliphatic carbocycles. The molecular weight excluding hydrogens is 300 g/mol. The lowest BCUT2D eigenvalue weighted by Crippen LogP contribution is -2.10. The first kappa shape index (κ1) is 13.0. The minimum atomic E-state index is -0.225. The molecular formula is C17H14O2S2. The molecule has 3 heterocycles. The summed E-state index contributed by atoms with van der Waals surface area (Å²) in [6.45, 7) is 0. The molecule has 0 amide bonds. The second-order valence-electron chi connectivity index (χ2n) is 5.25. The van der Waals surface area contributed by atoms with E-state index in [0.29, 0.717) is 0 Å². The third kappa shape index (κ3) is 2.39. The molecule has 3 aromatic rings. The molecule has 0 saturated heterocycles. The van der Waals surface area contributed by atoms with Crippen LogP contribution in [0.4, 0.5) is 0 Å². The molecule has 0 aliphatic heterocycles. The summed E-state index contributed by atoms with van der Waals surface area (Å²) in [6, 6.07) is 10.0. The molecule has 0 fully saturated rings. The number of aryl methyl sites for hydroxylation is 1. The molecule has 106 valence electrons. The van der Waals surface area contributed by atoms with Crippen molar-refractivity contribution in [3.63, 3.8) is 0 Å². The topological polar surface area (TPSA) is 30.2 Å². The summed E-state index contributed by atoms with van der Waals surface area (Å²) in [7, 11) is 0. The summed E-state index contributed by atoms with van der Waals surface area (Å²) < 4.78 is 5.55. The van der Waals surface area contributed by atoms with Gasteiger partial charge in [-0.15, -0.1) is 22.7 Å². The number of thiophene rings is 2. The Balaban J connectivity index is 1.84. The molecule has 2 nitrogen and oxygen atoms in total. The summed E-state index contributed by atoms with van der Waals surface area (Å²) in [4.78, 5) is 15.4. The lowest BCUT2D eigenvalue weighted by molar-refractivity contribution is 0.508. The third-order valence-corrected chi connectivity index (χ3v) is 6.02. The van der Waals surface area contributed by atoms with Crippen molar-refractivity contribution in [2.24, 2.45) is 0 Å². The Morgan fingerprint density at radius 2 is 1.86 bits per heavy atom. The van der Waals surface area contributed by atoms with E-state index in [9.17, 15) is 4.79 Å². The fourth-order valence-corrected chi connectivity index (χ4v) is 4.74. The third-order valence-electron chi connectivity index (χ3n) is 3.87. The zero-order valence-electron chi connectivity index (χ0n) is 11.4. The maximum atomic E-state index is 11.8. The maximum Gasteiger partial charge on any atom is 0.336 e.